The second-order valence-electron chi connectivity index (χ2n) is 10.1. The van der Waals surface area contributed by atoms with Gasteiger partial charge in [-0.15, -0.1) is 6.58 Å². The van der Waals surface area contributed by atoms with E-state index in [1.54, 1.807) is 0 Å². The Morgan fingerprint density at radius 2 is 1.70 bits per heavy atom. The molecule has 2 heterocycles. The lowest BCUT2D eigenvalue weighted by molar-refractivity contribution is 0.190. The van der Waals surface area contributed by atoms with Crippen LogP contribution in [-0.2, 0) is 18.3 Å². The normalized spacial score (nSPS) is 19.6. The number of aliphatic hydroxyl groups excluding tert-OH is 2. The summed E-state index contributed by atoms with van der Waals surface area (Å²) in [5.74, 6) is 0. The maximum absolute atomic E-state index is 10.7. The van der Waals surface area contributed by atoms with Crippen LogP contribution >= 0.6 is 0 Å². The average molecular weight is 447 g/mol. The molecule has 4 heteroatoms. The largest absolute Gasteiger partial charge is 0.382 e. The van der Waals surface area contributed by atoms with Crippen molar-refractivity contribution in [1.82, 2.24) is 10.3 Å². The Morgan fingerprint density at radius 1 is 1.06 bits per heavy atom. The van der Waals surface area contributed by atoms with E-state index in [-0.39, 0.29) is 5.41 Å². The first-order valence-electron chi connectivity index (χ1n) is 11.6. The van der Waals surface area contributed by atoms with Crippen LogP contribution in [0.3, 0.4) is 0 Å². The van der Waals surface area contributed by atoms with Gasteiger partial charge in [0.15, 0.2) is 0 Å². The van der Waals surface area contributed by atoms with Crippen molar-refractivity contribution < 1.29 is 10.2 Å². The zero-order chi connectivity index (χ0) is 24.5. The van der Waals surface area contributed by atoms with E-state index in [1.807, 2.05) is 12.2 Å². The molecule has 0 amide bonds. The molecule has 0 saturated carbocycles. The van der Waals surface area contributed by atoms with E-state index in [0.717, 1.165) is 35.0 Å². The van der Waals surface area contributed by atoms with E-state index < -0.39 is 12.3 Å². The predicted molar refractivity (Wildman–Crippen MR) is 140 cm³/mol. The molecule has 2 aromatic rings. The van der Waals surface area contributed by atoms with Gasteiger partial charge in [0.2, 0.25) is 0 Å². The molecule has 0 spiro atoms. The van der Waals surface area contributed by atoms with Crippen LogP contribution in [0, 0.1) is 0 Å². The minimum Gasteiger partial charge on any atom is -0.382 e. The molecule has 0 bridgehead atoms. The Morgan fingerprint density at radius 3 is 2.24 bits per heavy atom. The highest BCUT2D eigenvalue weighted by molar-refractivity contribution is 5.95. The minimum atomic E-state index is -0.966. The fourth-order valence-corrected chi connectivity index (χ4v) is 4.24. The van der Waals surface area contributed by atoms with Gasteiger partial charge < -0.3 is 20.5 Å². The molecular formula is C29H38N2O2. The molecule has 176 valence electrons. The Labute approximate surface area is 198 Å². The molecule has 1 aliphatic heterocycles. The highest BCUT2D eigenvalue weighted by Crippen LogP contribution is 2.38. The van der Waals surface area contributed by atoms with Gasteiger partial charge in [-0.1, -0.05) is 55.9 Å². The maximum atomic E-state index is 10.7. The van der Waals surface area contributed by atoms with E-state index in [0.29, 0.717) is 11.3 Å². The topological polar surface area (TPSA) is 68.3 Å². The van der Waals surface area contributed by atoms with E-state index >= 15 is 0 Å². The molecule has 1 aromatic heterocycles. The molecule has 4 nitrogen and oxygen atoms in total. The molecule has 33 heavy (non-hydrogen) atoms. The Kier molecular flexibility index (Phi) is 7.20. The number of aromatic nitrogens is 1. The molecule has 1 aromatic carbocycles. The summed E-state index contributed by atoms with van der Waals surface area (Å²) in [6, 6.07) is 4.34. The van der Waals surface area contributed by atoms with Gasteiger partial charge in [-0.05, 0) is 63.8 Å². The monoisotopic (exact) mass is 446 g/mol. The summed E-state index contributed by atoms with van der Waals surface area (Å²) in [5.41, 5.74) is 8.70. The standard InChI is InChI=1S/C29H38N2O2/c1-9-29(7,8)27-22(16-23-26(32)19(6)30-28(23)33)25-21(14-11-18(4)5)20(12-10-17(2)3)13-15-24(25)31-27/h9-11,13,15-16,26,28,30-33H,1,6,12,14H2,2-5,7-8H3. The highest BCUT2D eigenvalue weighted by atomic mass is 16.3. The SMILES string of the molecule is C=CC(C)(C)c1[nH]c2ccc(CC=C(C)C)c(CC=C(C)C)c2c1C=C1C(O)NC(=C)C1O. The van der Waals surface area contributed by atoms with Crippen molar-refractivity contribution in [2.75, 3.05) is 0 Å². The number of nitrogens with one attached hydrogen (secondary N) is 2. The summed E-state index contributed by atoms with van der Waals surface area (Å²) >= 11 is 0. The van der Waals surface area contributed by atoms with Gasteiger partial charge >= 0.3 is 0 Å². The summed E-state index contributed by atoms with van der Waals surface area (Å²) in [7, 11) is 0. The lowest BCUT2D eigenvalue weighted by Crippen LogP contribution is -2.20. The maximum Gasteiger partial charge on any atom is 0.149 e. The van der Waals surface area contributed by atoms with Gasteiger partial charge in [0.05, 0.1) is 0 Å². The van der Waals surface area contributed by atoms with Gasteiger partial charge in [0, 0.05) is 38.8 Å². The van der Waals surface area contributed by atoms with Gasteiger partial charge in [0.1, 0.15) is 12.3 Å². The summed E-state index contributed by atoms with van der Waals surface area (Å²) < 4.78 is 0. The molecule has 1 aliphatic rings. The molecule has 1 fully saturated rings. The van der Waals surface area contributed by atoms with Crippen molar-refractivity contribution in [3.8, 4) is 0 Å². The van der Waals surface area contributed by atoms with Gasteiger partial charge in [-0.2, -0.15) is 0 Å². The van der Waals surface area contributed by atoms with Crippen molar-refractivity contribution in [3.05, 3.63) is 88.3 Å². The van der Waals surface area contributed by atoms with Crippen molar-refractivity contribution >= 4 is 17.0 Å². The number of aliphatic hydroxyl groups is 2. The van der Waals surface area contributed by atoms with Crippen LogP contribution < -0.4 is 5.32 Å². The molecule has 0 radical (unpaired) electrons. The number of benzene rings is 1. The summed E-state index contributed by atoms with van der Waals surface area (Å²) in [5, 5.41) is 25.2. The average Bonchev–Trinajstić information content (AvgIpc) is 3.23. The van der Waals surface area contributed by atoms with Crippen molar-refractivity contribution in [3.63, 3.8) is 0 Å². The van der Waals surface area contributed by atoms with Crippen LogP contribution in [0.15, 0.2) is 65.9 Å². The molecule has 0 aliphatic carbocycles. The third-order valence-corrected chi connectivity index (χ3v) is 6.40. The van der Waals surface area contributed by atoms with E-state index in [4.69, 9.17) is 0 Å². The highest BCUT2D eigenvalue weighted by Gasteiger charge is 2.32. The van der Waals surface area contributed by atoms with Gasteiger partial charge in [-0.3, -0.25) is 0 Å². The van der Waals surface area contributed by atoms with Gasteiger partial charge in [-0.25, -0.2) is 0 Å². The summed E-state index contributed by atoms with van der Waals surface area (Å²) in [6.45, 7) is 20.6. The predicted octanol–water partition coefficient (Wildman–Crippen LogP) is 5.83. The van der Waals surface area contributed by atoms with Crippen LogP contribution in [0.2, 0.25) is 0 Å². The third-order valence-electron chi connectivity index (χ3n) is 6.40. The number of hydrogen-bond acceptors (Lipinski definition) is 3. The van der Waals surface area contributed by atoms with Crippen LogP contribution in [0.5, 0.6) is 0 Å². The van der Waals surface area contributed by atoms with Crippen LogP contribution in [0.1, 0.15) is 63.9 Å². The fourth-order valence-electron chi connectivity index (χ4n) is 4.24. The zero-order valence-electron chi connectivity index (χ0n) is 20.8. The fraction of sp³-hybridized carbons (Fsp3) is 0.379. The number of aromatic amines is 1. The smallest absolute Gasteiger partial charge is 0.149 e. The van der Waals surface area contributed by atoms with Gasteiger partial charge in [0.25, 0.3) is 0 Å². The van der Waals surface area contributed by atoms with Crippen LogP contribution in [-0.4, -0.2) is 27.5 Å². The summed E-state index contributed by atoms with van der Waals surface area (Å²) in [4.78, 5) is 3.63. The third kappa shape index (κ3) is 5.07. The summed E-state index contributed by atoms with van der Waals surface area (Å²) in [6.07, 6.45) is 8.14. The Balaban J connectivity index is 2.39. The second-order valence-corrected chi connectivity index (χ2v) is 10.1. The Bertz CT molecular complexity index is 1170. The molecule has 1 saturated heterocycles. The quantitative estimate of drug-likeness (QED) is 0.405. The zero-order valence-corrected chi connectivity index (χ0v) is 20.8. The lowest BCUT2D eigenvalue weighted by atomic mass is 9.84. The lowest BCUT2D eigenvalue weighted by Gasteiger charge is -2.21. The Hall–Kier alpha value is -2.82. The van der Waals surface area contributed by atoms with E-state index in [9.17, 15) is 10.2 Å². The number of hydrogen-bond donors (Lipinski definition) is 4. The van der Waals surface area contributed by atoms with Crippen molar-refractivity contribution in [2.45, 2.75) is 72.1 Å². The molecular weight excluding hydrogens is 408 g/mol. The molecule has 4 N–H and O–H groups in total. The van der Waals surface area contributed by atoms with E-state index in [2.05, 4.69) is 89.3 Å². The van der Waals surface area contributed by atoms with Crippen molar-refractivity contribution in [2.24, 2.45) is 0 Å². The number of H-pyrrole nitrogens is 1. The molecule has 2 unspecified atom stereocenters. The van der Waals surface area contributed by atoms with E-state index in [1.165, 1.54) is 22.3 Å². The minimum absolute atomic E-state index is 0.335. The first-order valence-corrected chi connectivity index (χ1v) is 11.6. The number of fused-ring (bicyclic) bond motifs is 1. The first-order chi connectivity index (χ1) is 15.5. The molecule has 2 atom stereocenters. The number of allylic oxidation sites excluding steroid dienone is 5. The second kappa shape index (κ2) is 9.58. The molecule has 3 rings (SSSR count). The first kappa shape index (κ1) is 24.8. The van der Waals surface area contributed by atoms with Crippen LogP contribution in [0.4, 0.5) is 0 Å². The van der Waals surface area contributed by atoms with Crippen LogP contribution in [0.25, 0.3) is 17.0 Å². The number of rotatable bonds is 7. The van der Waals surface area contributed by atoms with Crippen molar-refractivity contribution in [1.29, 1.82) is 0 Å².